The van der Waals surface area contributed by atoms with Crippen LogP contribution in [-0.2, 0) is 12.8 Å². The second-order valence-electron chi connectivity index (χ2n) is 3.72. The topological polar surface area (TPSA) is 75.4 Å². The molecule has 94 valence electrons. The van der Waals surface area contributed by atoms with E-state index >= 15 is 0 Å². The number of hydrogen-bond acceptors (Lipinski definition) is 4. The molecule has 0 aliphatic carbocycles. The molecular formula is C12H12N2O3S. The van der Waals surface area contributed by atoms with E-state index in [1.54, 1.807) is 29.9 Å². The fourth-order valence-corrected chi connectivity index (χ4v) is 2.56. The molecule has 5 nitrogen and oxygen atoms in total. The van der Waals surface area contributed by atoms with Crippen molar-refractivity contribution in [1.29, 1.82) is 0 Å². The van der Waals surface area contributed by atoms with Crippen LogP contribution >= 0.6 is 11.8 Å². The second kappa shape index (κ2) is 5.14. The predicted octanol–water partition coefficient (Wildman–Crippen LogP) is 2.12. The third-order valence-electron chi connectivity index (χ3n) is 2.49. The zero-order chi connectivity index (χ0) is 13.1. The zero-order valence-electron chi connectivity index (χ0n) is 9.70. The van der Waals surface area contributed by atoms with Gasteiger partial charge in [-0.05, 0) is 18.2 Å². The number of phenols is 1. The lowest BCUT2D eigenvalue weighted by Crippen LogP contribution is -2.03. The summed E-state index contributed by atoms with van der Waals surface area (Å²) in [5, 5.41) is 22.3. The van der Waals surface area contributed by atoms with E-state index < -0.39 is 5.97 Å². The molecule has 0 atom stereocenters. The predicted molar refractivity (Wildman–Crippen MR) is 67.8 cm³/mol. The van der Waals surface area contributed by atoms with E-state index in [0.29, 0.717) is 11.4 Å². The van der Waals surface area contributed by atoms with E-state index in [9.17, 15) is 9.90 Å². The highest BCUT2D eigenvalue weighted by Gasteiger charge is 2.14. The number of benzene rings is 1. The van der Waals surface area contributed by atoms with Gasteiger partial charge in [0.15, 0.2) is 0 Å². The monoisotopic (exact) mass is 264 g/mol. The third kappa shape index (κ3) is 2.65. The van der Waals surface area contributed by atoms with Crippen LogP contribution in [0.1, 0.15) is 16.1 Å². The number of phenolic OH excluding ortho intramolecular Hbond substituents is 1. The van der Waals surface area contributed by atoms with Crippen LogP contribution in [0.4, 0.5) is 0 Å². The van der Waals surface area contributed by atoms with Gasteiger partial charge in [-0.1, -0.05) is 6.07 Å². The number of rotatable bonds is 4. The number of carbonyl (C=O) groups is 1. The van der Waals surface area contributed by atoms with Gasteiger partial charge in [-0.3, -0.25) is 4.68 Å². The zero-order valence-corrected chi connectivity index (χ0v) is 10.5. The summed E-state index contributed by atoms with van der Waals surface area (Å²) in [7, 11) is 1.71. The molecule has 0 amide bonds. The van der Waals surface area contributed by atoms with Gasteiger partial charge in [0, 0.05) is 17.7 Å². The number of aromatic hydroxyl groups is 1. The van der Waals surface area contributed by atoms with E-state index in [1.165, 1.54) is 18.0 Å². The van der Waals surface area contributed by atoms with Crippen LogP contribution in [0.25, 0.3) is 0 Å². The number of aromatic carboxylic acids is 1. The van der Waals surface area contributed by atoms with Gasteiger partial charge in [-0.25, -0.2) is 4.79 Å². The highest BCUT2D eigenvalue weighted by atomic mass is 32.2. The Hall–Kier alpha value is -1.95. The van der Waals surface area contributed by atoms with Crippen LogP contribution < -0.4 is 0 Å². The molecule has 0 saturated carbocycles. The Bertz CT molecular complexity index is 580. The lowest BCUT2D eigenvalue weighted by molar-refractivity contribution is 0.0696. The normalized spacial score (nSPS) is 10.5. The number of aromatic nitrogens is 2. The maximum atomic E-state index is 11.0. The van der Waals surface area contributed by atoms with Gasteiger partial charge in [0.25, 0.3) is 0 Å². The van der Waals surface area contributed by atoms with E-state index in [4.69, 9.17) is 5.11 Å². The number of carboxylic acids is 1. The summed E-state index contributed by atoms with van der Waals surface area (Å²) in [6.45, 7) is 0. The Kier molecular flexibility index (Phi) is 3.57. The molecule has 2 aromatic rings. The Labute approximate surface area is 108 Å². The molecule has 2 N–H and O–H groups in total. The van der Waals surface area contributed by atoms with Crippen molar-refractivity contribution in [3.05, 3.63) is 41.7 Å². The summed E-state index contributed by atoms with van der Waals surface area (Å²) in [5.74, 6) is -0.292. The van der Waals surface area contributed by atoms with Gasteiger partial charge in [-0.2, -0.15) is 5.10 Å². The number of aryl methyl sites for hydroxylation is 1. The van der Waals surface area contributed by atoms with Crippen molar-refractivity contribution in [1.82, 2.24) is 9.78 Å². The molecule has 1 aromatic carbocycles. The highest BCUT2D eigenvalue weighted by Crippen LogP contribution is 2.26. The Morgan fingerprint density at radius 2 is 2.28 bits per heavy atom. The van der Waals surface area contributed by atoms with Crippen molar-refractivity contribution in [2.45, 2.75) is 10.6 Å². The molecular weight excluding hydrogens is 252 g/mol. The van der Waals surface area contributed by atoms with Crippen molar-refractivity contribution >= 4 is 17.7 Å². The van der Waals surface area contributed by atoms with Crippen LogP contribution in [0.5, 0.6) is 5.75 Å². The maximum absolute atomic E-state index is 11.0. The van der Waals surface area contributed by atoms with Crippen LogP contribution in [0.3, 0.4) is 0 Å². The highest BCUT2D eigenvalue weighted by molar-refractivity contribution is 7.98. The summed E-state index contributed by atoms with van der Waals surface area (Å²) in [6.07, 6.45) is 1.35. The van der Waals surface area contributed by atoms with Crippen LogP contribution in [0.15, 0.2) is 35.4 Å². The van der Waals surface area contributed by atoms with Gasteiger partial charge in [0.2, 0.25) is 0 Å². The minimum atomic E-state index is -0.977. The molecule has 0 unspecified atom stereocenters. The summed E-state index contributed by atoms with van der Waals surface area (Å²) >= 11 is 1.45. The van der Waals surface area contributed by atoms with E-state index in [2.05, 4.69) is 5.10 Å². The molecule has 2 rings (SSSR count). The summed E-state index contributed by atoms with van der Waals surface area (Å²) in [4.78, 5) is 11.9. The molecule has 0 aliphatic rings. The van der Waals surface area contributed by atoms with E-state index in [0.717, 1.165) is 4.90 Å². The van der Waals surface area contributed by atoms with E-state index in [-0.39, 0.29) is 11.3 Å². The molecule has 0 saturated heterocycles. The van der Waals surface area contributed by atoms with Crippen molar-refractivity contribution in [3.8, 4) is 5.75 Å². The average molecular weight is 264 g/mol. The number of hydrogen-bond donors (Lipinski definition) is 2. The fraction of sp³-hybridized carbons (Fsp3) is 0.167. The largest absolute Gasteiger partial charge is 0.508 e. The Morgan fingerprint density at radius 3 is 2.94 bits per heavy atom. The van der Waals surface area contributed by atoms with Crippen molar-refractivity contribution in [2.24, 2.45) is 7.05 Å². The standard InChI is InChI=1S/C12H12N2O3S/c1-14-11(10(6-13-14)12(16)17)7-18-9-4-2-3-8(15)5-9/h2-6,15H,7H2,1H3,(H,16,17). The number of thioether (sulfide) groups is 1. The molecule has 6 heteroatoms. The number of nitrogens with zero attached hydrogens (tertiary/aromatic N) is 2. The molecule has 18 heavy (non-hydrogen) atoms. The number of carboxylic acid groups (broad SMARTS) is 1. The van der Waals surface area contributed by atoms with Crippen molar-refractivity contribution in [3.63, 3.8) is 0 Å². The van der Waals surface area contributed by atoms with Crippen LogP contribution in [-0.4, -0.2) is 26.0 Å². The van der Waals surface area contributed by atoms with Gasteiger partial charge >= 0.3 is 5.97 Å². The van der Waals surface area contributed by atoms with Crippen molar-refractivity contribution in [2.75, 3.05) is 0 Å². The van der Waals surface area contributed by atoms with Gasteiger partial charge in [0.1, 0.15) is 11.3 Å². The molecule has 0 aliphatic heterocycles. The van der Waals surface area contributed by atoms with Gasteiger partial charge < -0.3 is 10.2 Å². The fourth-order valence-electron chi connectivity index (χ4n) is 1.54. The molecule has 0 radical (unpaired) electrons. The maximum Gasteiger partial charge on any atom is 0.339 e. The lowest BCUT2D eigenvalue weighted by atomic mass is 10.3. The molecule has 0 fully saturated rings. The summed E-state index contributed by atoms with van der Waals surface area (Å²) in [5.41, 5.74) is 0.862. The van der Waals surface area contributed by atoms with Gasteiger partial charge in [-0.15, -0.1) is 11.8 Å². The first-order valence-corrected chi connectivity index (χ1v) is 6.22. The lowest BCUT2D eigenvalue weighted by Gasteiger charge is -2.04. The van der Waals surface area contributed by atoms with Crippen molar-refractivity contribution < 1.29 is 15.0 Å². The molecule has 0 bridgehead atoms. The van der Waals surface area contributed by atoms with E-state index in [1.807, 2.05) is 6.07 Å². The molecule has 1 aromatic heterocycles. The first kappa shape index (κ1) is 12.5. The first-order valence-electron chi connectivity index (χ1n) is 5.24. The van der Waals surface area contributed by atoms with Crippen LogP contribution in [0, 0.1) is 0 Å². The SMILES string of the molecule is Cn1ncc(C(=O)O)c1CSc1cccc(O)c1. The minimum Gasteiger partial charge on any atom is -0.508 e. The summed E-state index contributed by atoms with van der Waals surface area (Å²) < 4.78 is 1.55. The first-order chi connectivity index (χ1) is 8.58. The molecule has 0 spiro atoms. The smallest absolute Gasteiger partial charge is 0.339 e. The van der Waals surface area contributed by atoms with Crippen LogP contribution in [0.2, 0.25) is 0 Å². The Balaban J connectivity index is 2.15. The van der Waals surface area contributed by atoms with Gasteiger partial charge in [0.05, 0.1) is 11.9 Å². The third-order valence-corrected chi connectivity index (χ3v) is 3.49. The Morgan fingerprint density at radius 1 is 1.50 bits per heavy atom. The minimum absolute atomic E-state index is 0.198. The molecule has 1 heterocycles. The average Bonchev–Trinajstić information content (AvgIpc) is 2.68. The second-order valence-corrected chi connectivity index (χ2v) is 4.77. The summed E-state index contributed by atoms with van der Waals surface area (Å²) in [6, 6.07) is 6.85. The quantitative estimate of drug-likeness (QED) is 0.827.